The van der Waals surface area contributed by atoms with E-state index in [1.54, 1.807) is 29.7 Å². The highest BCUT2D eigenvalue weighted by Crippen LogP contribution is 2.39. The van der Waals surface area contributed by atoms with E-state index in [0.717, 1.165) is 16.5 Å². The number of hydrogen-bond donors (Lipinski definition) is 1. The van der Waals surface area contributed by atoms with Crippen LogP contribution < -0.4 is 5.73 Å². The van der Waals surface area contributed by atoms with Gasteiger partial charge in [-0.3, -0.25) is 0 Å². The lowest BCUT2D eigenvalue weighted by Crippen LogP contribution is -1.98. The molecule has 0 saturated heterocycles. The van der Waals surface area contributed by atoms with Gasteiger partial charge in [-0.1, -0.05) is 18.2 Å². The van der Waals surface area contributed by atoms with Gasteiger partial charge < -0.3 is 10.2 Å². The summed E-state index contributed by atoms with van der Waals surface area (Å²) in [6.45, 7) is 0. The zero-order valence-electron chi connectivity index (χ0n) is 12.0. The molecule has 3 aromatic heterocycles. The molecular weight excluding hydrogens is 306 g/mol. The van der Waals surface area contributed by atoms with Crippen molar-refractivity contribution in [2.24, 2.45) is 0 Å². The highest BCUT2D eigenvalue weighted by Gasteiger charge is 2.17. The first-order valence-electron chi connectivity index (χ1n) is 6.99. The second kappa shape index (κ2) is 5.27. The maximum Gasteiger partial charge on any atom is 0.152 e. The van der Waals surface area contributed by atoms with Crippen LogP contribution in [0.2, 0.25) is 0 Å². The van der Waals surface area contributed by atoms with Gasteiger partial charge in [0.25, 0.3) is 0 Å². The van der Waals surface area contributed by atoms with Gasteiger partial charge in [0.05, 0.1) is 11.8 Å². The molecule has 0 bridgehead atoms. The Labute approximate surface area is 136 Å². The van der Waals surface area contributed by atoms with Crippen LogP contribution in [0.1, 0.15) is 5.56 Å². The lowest BCUT2D eigenvalue weighted by molar-refractivity contribution is 0.580. The minimum absolute atomic E-state index is 0.210. The van der Waals surface area contributed by atoms with Gasteiger partial charge >= 0.3 is 0 Å². The zero-order valence-corrected chi connectivity index (χ0v) is 12.8. The number of benzene rings is 1. The van der Waals surface area contributed by atoms with Crippen molar-refractivity contribution in [3.63, 3.8) is 0 Å². The van der Waals surface area contributed by atoms with E-state index in [4.69, 9.17) is 10.2 Å². The molecule has 110 valence electrons. The van der Waals surface area contributed by atoms with Gasteiger partial charge in [0.15, 0.2) is 5.76 Å². The summed E-state index contributed by atoms with van der Waals surface area (Å²) < 4.78 is 6.68. The zero-order chi connectivity index (χ0) is 15.8. The van der Waals surface area contributed by atoms with Crippen LogP contribution in [0.25, 0.3) is 32.7 Å². The Morgan fingerprint density at radius 2 is 2.00 bits per heavy atom. The van der Waals surface area contributed by atoms with Crippen molar-refractivity contribution in [3.8, 4) is 28.7 Å². The van der Waals surface area contributed by atoms with E-state index in [1.807, 2.05) is 18.2 Å². The lowest BCUT2D eigenvalue weighted by Gasteiger charge is -2.09. The number of fused-ring (bicyclic) bond motifs is 1. The van der Waals surface area contributed by atoms with E-state index in [1.165, 1.54) is 4.70 Å². The number of hydrogen-bond acceptors (Lipinski definition) is 5. The molecule has 3 heterocycles. The molecule has 2 N–H and O–H groups in total. The molecule has 0 amide bonds. The van der Waals surface area contributed by atoms with Crippen molar-refractivity contribution in [2.45, 2.75) is 0 Å². The van der Waals surface area contributed by atoms with Crippen LogP contribution in [0.3, 0.4) is 0 Å². The highest BCUT2D eigenvalue weighted by atomic mass is 32.1. The molecule has 5 heteroatoms. The summed E-state index contributed by atoms with van der Waals surface area (Å²) in [7, 11) is 0. The lowest BCUT2D eigenvalue weighted by atomic mass is 10.00. The van der Waals surface area contributed by atoms with Crippen molar-refractivity contribution in [1.29, 1.82) is 5.26 Å². The Morgan fingerprint density at radius 1 is 1.13 bits per heavy atom. The Morgan fingerprint density at radius 3 is 2.78 bits per heavy atom. The molecule has 0 atom stereocenters. The van der Waals surface area contributed by atoms with E-state index in [9.17, 15) is 5.26 Å². The summed E-state index contributed by atoms with van der Waals surface area (Å²) in [6, 6.07) is 15.7. The van der Waals surface area contributed by atoms with E-state index in [0.29, 0.717) is 17.0 Å². The molecule has 0 aliphatic rings. The van der Waals surface area contributed by atoms with Crippen molar-refractivity contribution in [3.05, 3.63) is 59.7 Å². The minimum Gasteiger partial charge on any atom is -0.463 e. The second-order valence-corrected chi connectivity index (χ2v) is 5.96. The SMILES string of the molecule is N#Cc1cc(-c2csc3ccccc23)c(-c2ccco2)nc1N. The van der Waals surface area contributed by atoms with Crippen molar-refractivity contribution < 1.29 is 4.42 Å². The molecule has 4 aromatic rings. The van der Waals surface area contributed by atoms with Crippen LogP contribution in [-0.4, -0.2) is 4.98 Å². The minimum atomic E-state index is 0.210. The van der Waals surface area contributed by atoms with E-state index >= 15 is 0 Å². The average Bonchev–Trinajstić information content (AvgIpc) is 3.24. The second-order valence-electron chi connectivity index (χ2n) is 5.05. The molecule has 23 heavy (non-hydrogen) atoms. The van der Waals surface area contributed by atoms with Crippen LogP contribution in [0.5, 0.6) is 0 Å². The molecule has 4 rings (SSSR count). The first-order valence-corrected chi connectivity index (χ1v) is 7.87. The van der Waals surface area contributed by atoms with Gasteiger partial charge in [-0.05, 0) is 29.6 Å². The topological polar surface area (TPSA) is 75.8 Å². The van der Waals surface area contributed by atoms with Gasteiger partial charge in [-0.15, -0.1) is 11.3 Å². The summed E-state index contributed by atoms with van der Waals surface area (Å²) in [5, 5.41) is 12.5. The number of thiophene rings is 1. The maximum atomic E-state index is 9.28. The average molecular weight is 317 g/mol. The van der Waals surface area contributed by atoms with Crippen LogP contribution in [0, 0.1) is 11.3 Å². The van der Waals surface area contributed by atoms with Gasteiger partial charge in [0, 0.05) is 21.2 Å². The van der Waals surface area contributed by atoms with E-state index in [-0.39, 0.29) is 5.82 Å². The summed E-state index contributed by atoms with van der Waals surface area (Å²) in [6.07, 6.45) is 1.60. The fraction of sp³-hybridized carbons (Fsp3) is 0. The molecular formula is C18H11N3OS. The van der Waals surface area contributed by atoms with Gasteiger partial charge in [0.1, 0.15) is 17.6 Å². The summed E-state index contributed by atoms with van der Waals surface area (Å²) in [5.41, 5.74) is 8.79. The Bertz CT molecular complexity index is 1040. The van der Waals surface area contributed by atoms with E-state index in [2.05, 4.69) is 28.6 Å². The van der Waals surface area contributed by atoms with Crippen molar-refractivity contribution in [1.82, 2.24) is 4.98 Å². The Kier molecular flexibility index (Phi) is 3.11. The molecule has 1 aromatic carbocycles. The smallest absolute Gasteiger partial charge is 0.152 e. The molecule has 0 aliphatic heterocycles. The fourth-order valence-corrected chi connectivity index (χ4v) is 3.57. The molecule has 4 nitrogen and oxygen atoms in total. The third-order valence-electron chi connectivity index (χ3n) is 3.70. The normalized spacial score (nSPS) is 10.7. The first kappa shape index (κ1) is 13.6. The largest absolute Gasteiger partial charge is 0.463 e. The molecule has 0 spiro atoms. The number of nitrogens with two attached hydrogens (primary N) is 1. The summed E-state index contributed by atoms with van der Waals surface area (Å²) in [5.74, 6) is 0.841. The van der Waals surface area contributed by atoms with Crippen LogP contribution in [-0.2, 0) is 0 Å². The highest BCUT2D eigenvalue weighted by molar-refractivity contribution is 7.17. The summed E-state index contributed by atoms with van der Waals surface area (Å²) >= 11 is 1.66. The Hall–Kier alpha value is -3.10. The molecule has 0 aliphatic carbocycles. The van der Waals surface area contributed by atoms with Gasteiger partial charge in [-0.25, -0.2) is 4.98 Å². The molecule has 0 unspecified atom stereocenters. The van der Waals surface area contributed by atoms with Gasteiger partial charge in [0.2, 0.25) is 0 Å². The standard InChI is InChI=1S/C18H11N3OS/c19-9-11-8-13(14-10-23-16-6-2-1-4-12(14)16)17(21-18(11)20)15-5-3-7-22-15/h1-8,10H,(H2,20,21). The maximum absolute atomic E-state index is 9.28. The monoisotopic (exact) mass is 317 g/mol. The summed E-state index contributed by atoms with van der Waals surface area (Å²) in [4.78, 5) is 4.42. The quantitative estimate of drug-likeness (QED) is 0.582. The van der Waals surface area contributed by atoms with Crippen LogP contribution in [0.4, 0.5) is 5.82 Å². The number of nitrogen functional groups attached to an aromatic ring is 1. The van der Waals surface area contributed by atoms with Gasteiger partial charge in [-0.2, -0.15) is 5.26 Å². The number of anilines is 1. The molecule has 0 fully saturated rings. The number of nitrogens with zero attached hydrogens (tertiary/aromatic N) is 2. The number of pyridine rings is 1. The number of aromatic nitrogens is 1. The molecule has 0 radical (unpaired) electrons. The van der Waals surface area contributed by atoms with E-state index < -0.39 is 0 Å². The molecule has 0 saturated carbocycles. The fourth-order valence-electron chi connectivity index (χ4n) is 2.61. The number of nitriles is 1. The van der Waals surface area contributed by atoms with Crippen molar-refractivity contribution in [2.75, 3.05) is 5.73 Å². The Balaban J connectivity index is 2.06. The first-order chi connectivity index (χ1) is 11.3. The van der Waals surface area contributed by atoms with Crippen molar-refractivity contribution >= 4 is 27.2 Å². The van der Waals surface area contributed by atoms with Crippen LogP contribution in [0.15, 0.2) is 58.5 Å². The number of furan rings is 1. The third kappa shape index (κ3) is 2.17. The number of rotatable bonds is 2. The third-order valence-corrected chi connectivity index (χ3v) is 4.66. The predicted octanol–water partition coefficient (Wildman–Crippen LogP) is 4.68. The van der Waals surface area contributed by atoms with Crippen LogP contribution >= 0.6 is 11.3 Å². The predicted molar refractivity (Wildman–Crippen MR) is 91.9 cm³/mol.